The number of hydrogen-bond acceptors (Lipinski definition) is 7. The second-order valence-electron chi connectivity index (χ2n) is 7.68. The minimum absolute atomic E-state index is 0.165. The molecule has 1 atom stereocenters. The maximum Gasteiger partial charge on any atom is 0.272 e. The van der Waals surface area contributed by atoms with E-state index in [4.69, 9.17) is 4.74 Å². The smallest absolute Gasteiger partial charge is 0.272 e. The fourth-order valence-corrected chi connectivity index (χ4v) is 5.04. The Labute approximate surface area is 174 Å². The van der Waals surface area contributed by atoms with E-state index in [0.29, 0.717) is 11.3 Å². The van der Waals surface area contributed by atoms with Gasteiger partial charge in [-0.15, -0.1) is 10.2 Å². The Morgan fingerprint density at radius 1 is 1.24 bits per heavy atom. The molecule has 156 valence electrons. The van der Waals surface area contributed by atoms with E-state index in [-0.39, 0.29) is 16.7 Å². The molecule has 0 aliphatic carbocycles. The Balaban J connectivity index is 1.55. The zero-order valence-corrected chi connectivity index (χ0v) is 17.6. The van der Waals surface area contributed by atoms with Crippen LogP contribution in [-0.2, 0) is 17.0 Å². The Morgan fingerprint density at radius 3 is 2.79 bits per heavy atom. The first-order chi connectivity index (χ1) is 14.1. The maximum absolute atomic E-state index is 11.2. The van der Waals surface area contributed by atoms with Crippen LogP contribution < -0.4 is 4.90 Å². The number of rotatable bonds is 7. The van der Waals surface area contributed by atoms with Crippen LogP contribution in [0, 0.1) is 17.0 Å². The van der Waals surface area contributed by atoms with Crippen LogP contribution in [0.15, 0.2) is 23.4 Å². The molecule has 0 spiro atoms. The average Bonchev–Trinajstić information content (AvgIpc) is 3.38. The summed E-state index contributed by atoms with van der Waals surface area (Å²) in [4.78, 5) is 13.2. The third-order valence-electron chi connectivity index (χ3n) is 5.72. The van der Waals surface area contributed by atoms with Gasteiger partial charge >= 0.3 is 0 Å². The largest absolute Gasteiger partial charge is 0.376 e. The van der Waals surface area contributed by atoms with Crippen molar-refractivity contribution in [2.24, 2.45) is 0 Å². The molecule has 29 heavy (non-hydrogen) atoms. The van der Waals surface area contributed by atoms with Crippen LogP contribution >= 0.6 is 11.8 Å². The summed E-state index contributed by atoms with van der Waals surface area (Å²) in [5, 5.41) is 21.1. The molecule has 3 heterocycles. The third kappa shape index (κ3) is 4.56. The minimum Gasteiger partial charge on any atom is -0.376 e. The standard InChI is InChI=1S/C20H27N5O3S/c1-15-16(7-5-9-18(15)25(26)27)14-29-20-22-21-19(23-10-3-2-4-11-23)24(20)13-17-8-6-12-28-17/h5,7,9,17H,2-4,6,8,10-14H2,1H3/t17-/m0/s1. The van der Waals surface area contributed by atoms with Gasteiger partial charge < -0.3 is 9.64 Å². The molecule has 9 heteroatoms. The monoisotopic (exact) mass is 417 g/mol. The number of nitro benzene ring substituents is 1. The molecule has 1 aromatic carbocycles. The fourth-order valence-electron chi connectivity index (χ4n) is 4.03. The molecule has 2 fully saturated rings. The van der Waals surface area contributed by atoms with Crippen molar-refractivity contribution in [1.82, 2.24) is 14.8 Å². The van der Waals surface area contributed by atoms with Crippen molar-refractivity contribution in [3.63, 3.8) is 0 Å². The molecule has 0 bridgehead atoms. The second-order valence-corrected chi connectivity index (χ2v) is 8.63. The lowest BCUT2D eigenvalue weighted by Crippen LogP contribution is -2.33. The molecule has 0 saturated carbocycles. The van der Waals surface area contributed by atoms with E-state index in [2.05, 4.69) is 19.7 Å². The van der Waals surface area contributed by atoms with Gasteiger partial charge in [-0.1, -0.05) is 23.9 Å². The van der Waals surface area contributed by atoms with Crippen molar-refractivity contribution in [2.45, 2.75) is 62.6 Å². The van der Waals surface area contributed by atoms with Crippen molar-refractivity contribution in [3.8, 4) is 0 Å². The summed E-state index contributed by atoms with van der Waals surface area (Å²) in [6.45, 7) is 5.41. The molecule has 0 N–H and O–H groups in total. The summed E-state index contributed by atoms with van der Waals surface area (Å²) in [6, 6.07) is 5.25. The molecule has 2 aromatic rings. The number of hydrogen-bond donors (Lipinski definition) is 0. The van der Waals surface area contributed by atoms with Crippen molar-refractivity contribution in [3.05, 3.63) is 39.4 Å². The van der Waals surface area contributed by atoms with Gasteiger partial charge in [-0.3, -0.25) is 14.7 Å². The van der Waals surface area contributed by atoms with Gasteiger partial charge in [-0.05, 0) is 44.6 Å². The summed E-state index contributed by atoms with van der Waals surface area (Å²) in [7, 11) is 0. The normalized spacial score (nSPS) is 19.6. The predicted molar refractivity (Wildman–Crippen MR) is 112 cm³/mol. The number of anilines is 1. The number of benzene rings is 1. The van der Waals surface area contributed by atoms with E-state index in [0.717, 1.165) is 55.8 Å². The highest BCUT2D eigenvalue weighted by Crippen LogP contribution is 2.31. The first-order valence-electron chi connectivity index (χ1n) is 10.3. The molecule has 1 aromatic heterocycles. The summed E-state index contributed by atoms with van der Waals surface area (Å²) < 4.78 is 8.06. The van der Waals surface area contributed by atoms with E-state index >= 15 is 0 Å². The molecule has 8 nitrogen and oxygen atoms in total. The van der Waals surface area contributed by atoms with Gasteiger partial charge in [0.1, 0.15) is 0 Å². The van der Waals surface area contributed by atoms with Crippen LogP contribution in [-0.4, -0.2) is 45.5 Å². The van der Waals surface area contributed by atoms with E-state index in [1.54, 1.807) is 23.9 Å². The number of aromatic nitrogens is 3. The van der Waals surface area contributed by atoms with Crippen LogP contribution in [0.4, 0.5) is 11.6 Å². The number of thioether (sulfide) groups is 1. The number of nitrogens with zero attached hydrogens (tertiary/aromatic N) is 5. The highest BCUT2D eigenvalue weighted by molar-refractivity contribution is 7.98. The minimum atomic E-state index is -0.322. The van der Waals surface area contributed by atoms with Crippen molar-refractivity contribution >= 4 is 23.4 Å². The average molecular weight is 418 g/mol. The zero-order valence-electron chi connectivity index (χ0n) is 16.7. The topological polar surface area (TPSA) is 86.3 Å². The molecular formula is C20H27N5O3S. The van der Waals surface area contributed by atoms with Gasteiger partial charge in [0.25, 0.3) is 5.69 Å². The van der Waals surface area contributed by atoms with E-state index < -0.39 is 0 Å². The quantitative estimate of drug-likeness (QED) is 0.383. The Hall–Kier alpha value is -2.13. The van der Waals surface area contributed by atoms with E-state index in [9.17, 15) is 10.1 Å². The van der Waals surface area contributed by atoms with Gasteiger partial charge in [0.15, 0.2) is 5.16 Å². The highest BCUT2D eigenvalue weighted by Gasteiger charge is 2.25. The number of ether oxygens (including phenoxy) is 1. The molecule has 2 aliphatic rings. The molecular weight excluding hydrogens is 390 g/mol. The first kappa shape index (κ1) is 20.2. The van der Waals surface area contributed by atoms with Gasteiger partial charge in [0, 0.05) is 37.1 Å². The lowest BCUT2D eigenvalue weighted by Gasteiger charge is -2.28. The van der Waals surface area contributed by atoms with E-state index in [1.807, 2.05) is 13.0 Å². The number of nitro groups is 1. The Morgan fingerprint density at radius 2 is 2.07 bits per heavy atom. The molecule has 0 amide bonds. The summed E-state index contributed by atoms with van der Waals surface area (Å²) in [6.07, 6.45) is 6.00. The summed E-state index contributed by atoms with van der Waals surface area (Å²) in [5.74, 6) is 1.55. The maximum atomic E-state index is 11.2. The second kappa shape index (κ2) is 9.13. The van der Waals surface area contributed by atoms with Crippen LogP contribution in [0.2, 0.25) is 0 Å². The summed E-state index contributed by atoms with van der Waals surface area (Å²) >= 11 is 1.59. The number of piperidine rings is 1. The van der Waals surface area contributed by atoms with E-state index in [1.165, 1.54) is 19.3 Å². The lowest BCUT2D eigenvalue weighted by atomic mass is 10.1. The molecule has 0 radical (unpaired) electrons. The third-order valence-corrected chi connectivity index (χ3v) is 6.73. The summed E-state index contributed by atoms with van der Waals surface area (Å²) in [5.41, 5.74) is 1.83. The van der Waals surface area contributed by atoms with Crippen molar-refractivity contribution in [1.29, 1.82) is 0 Å². The SMILES string of the molecule is Cc1c(CSc2nnc(N3CCCCC3)n2C[C@@H]2CCCO2)cccc1[N+](=O)[O-]. The zero-order chi connectivity index (χ0) is 20.2. The molecule has 0 unspecified atom stereocenters. The van der Waals surface area contributed by atoms with Crippen LogP contribution in [0.25, 0.3) is 0 Å². The fraction of sp³-hybridized carbons (Fsp3) is 0.600. The lowest BCUT2D eigenvalue weighted by molar-refractivity contribution is -0.385. The molecule has 2 aliphatic heterocycles. The van der Waals surface area contributed by atoms with Crippen molar-refractivity contribution < 1.29 is 9.66 Å². The van der Waals surface area contributed by atoms with Gasteiger partial charge in [0.05, 0.1) is 17.6 Å². The van der Waals surface area contributed by atoms with Crippen LogP contribution in [0.1, 0.15) is 43.2 Å². The van der Waals surface area contributed by atoms with Gasteiger partial charge in [-0.2, -0.15) is 0 Å². The van der Waals surface area contributed by atoms with Gasteiger partial charge in [0.2, 0.25) is 5.95 Å². The van der Waals surface area contributed by atoms with Crippen LogP contribution in [0.3, 0.4) is 0 Å². The van der Waals surface area contributed by atoms with Crippen molar-refractivity contribution in [2.75, 3.05) is 24.6 Å². The predicted octanol–water partition coefficient (Wildman–Crippen LogP) is 3.96. The van der Waals surface area contributed by atoms with Crippen LogP contribution in [0.5, 0.6) is 0 Å². The Kier molecular flexibility index (Phi) is 6.34. The molecule has 4 rings (SSSR count). The first-order valence-corrected chi connectivity index (χ1v) is 11.3. The molecule has 2 saturated heterocycles. The Bertz CT molecular complexity index is 860. The van der Waals surface area contributed by atoms with Gasteiger partial charge in [-0.25, -0.2) is 0 Å². The highest BCUT2D eigenvalue weighted by atomic mass is 32.2.